The Bertz CT molecular complexity index is 599. The van der Waals surface area contributed by atoms with Crippen LogP contribution >= 0.6 is 23.2 Å². The second kappa shape index (κ2) is 3.88. The lowest BCUT2D eigenvalue weighted by Crippen LogP contribution is -1.95. The standard InChI is InChI=1S/C10H6Cl2N2O2/c1-5-3-2-4-6-7(11)9(14(15)16)10(12)13-8(5)6/h2-4H,1H3. The van der Waals surface area contributed by atoms with E-state index in [-0.39, 0.29) is 15.9 Å². The molecule has 1 aromatic heterocycles. The molecule has 0 amide bonds. The molecule has 0 aliphatic rings. The molecule has 0 aliphatic carbocycles. The first kappa shape index (κ1) is 11.1. The molecule has 0 N–H and O–H groups in total. The van der Waals surface area contributed by atoms with Gasteiger partial charge >= 0.3 is 5.69 Å². The van der Waals surface area contributed by atoms with Crippen molar-refractivity contribution >= 4 is 39.8 Å². The van der Waals surface area contributed by atoms with E-state index < -0.39 is 4.92 Å². The number of pyridine rings is 1. The summed E-state index contributed by atoms with van der Waals surface area (Å²) in [4.78, 5) is 14.1. The van der Waals surface area contributed by atoms with Crippen molar-refractivity contribution in [1.29, 1.82) is 0 Å². The first-order chi connectivity index (χ1) is 7.52. The van der Waals surface area contributed by atoms with Gasteiger partial charge in [0.15, 0.2) is 0 Å². The fraction of sp³-hybridized carbons (Fsp3) is 0.100. The molecular weight excluding hydrogens is 251 g/mol. The van der Waals surface area contributed by atoms with Gasteiger partial charge in [-0.2, -0.15) is 0 Å². The van der Waals surface area contributed by atoms with Crippen LogP contribution in [0.2, 0.25) is 10.2 Å². The van der Waals surface area contributed by atoms with E-state index in [1.807, 2.05) is 13.0 Å². The van der Waals surface area contributed by atoms with Gasteiger partial charge < -0.3 is 0 Å². The van der Waals surface area contributed by atoms with Crippen molar-refractivity contribution in [2.45, 2.75) is 6.92 Å². The van der Waals surface area contributed by atoms with Gasteiger partial charge in [0, 0.05) is 5.39 Å². The Hall–Kier alpha value is -1.39. The van der Waals surface area contributed by atoms with Crippen molar-refractivity contribution < 1.29 is 4.92 Å². The minimum atomic E-state index is -0.626. The number of para-hydroxylation sites is 1. The number of hydrogen-bond acceptors (Lipinski definition) is 3. The van der Waals surface area contributed by atoms with Gasteiger partial charge in [0.2, 0.25) is 5.15 Å². The largest absolute Gasteiger partial charge is 0.325 e. The molecular formula is C10H6Cl2N2O2. The van der Waals surface area contributed by atoms with E-state index in [0.29, 0.717) is 10.9 Å². The molecule has 82 valence electrons. The summed E-state index contributed by atoms with van der Waals surface area (Å²) in [6.45, 7) is 1.84. The molecule has 0 atom stereocenters. The molecule has 1 heterocycles. The number of nitrogens with zero attached hydrogens (tertiary/aromatic N) is 2. The summed E-state index contributed by atoms with van der Waals surface area (Å²) < 4.78 is 0. The molecule has 0 saturated carbocycles. The van der Waals surface area contributed by atoms with Crippen LogP contribution in [0.25, 0.3) is 10.9 Å². The third-order valence-electron chi connectivity index (χ3n) is 2.27. The van der Waals surface area contributed by atoms with Crippen molar-refractivity contribution in [2.24, 2.45) is 0 Å². The van der Waals surface area contributed by atoms with E-state index in [1.165, 1.54) is 0 Å². The zero-order valence-corrected chi connectivity index (χ0v) is 9.71. The Balaban J connectivity index is 2.94. The number of nitro groups is 1. The molecule has 2 rings (SSSR count). The van der Waals surface area contributed by atoms with E-state index in [1.54, 1.807) is 12.1 Å². The van der Waals surface area contributed by atoms with Gasteiger partial charge in [-0.3, -0.25) is 10.1 Å². The highest BCUT2D eigenvalue weighted by atomic mass is 35.5. The number of benzene rings is 1. The monoisotopic (exact) mass is 256 g/mol. The number of fused-ring (bicyclic) bond motifs is 1. The normalized spacial score (nSPS) is 10.7. The van der Waals surface area contributed by atoms with Crippen LogP contribution in [0.1, 0.15) is 5.56 Å². The number of rotatable bonds is 1. The molecule has 4 nitrogen and oxygen atoms in total. The average molecular weight is 257 g/mol. The molecule has 0 radical (unpaired) electrons. The van der Waals surface area contributed by atoms with Crippen molar-refractivity contribution in [3.05, 3.63) is 44.1 Å². The molecule has 0 saturated heterocycles. The van der Waals surface area contributed by atoms with Crippen molar-refractivity contribution in [3.8, 4) is 0 Å². The zero-order chi connectivity index (χ0) is 11.9. The van der Waals surface area contributed by atoms with Crippen LogP contribution in [0.3, 0.4) is 0 Å². The lowest BCUT2D eigenvalue weighted by Gasteiger charge is -2.04. The highest BCUT2D eigenvalue weighted by Crippen LogP contribution is 2.37. The lowest BCUT2D eigenvalue weighted by molar-refractivity contribution is -0.384. The first-order valence-electron chi connectivity index (χ1n) is 4.41. The first-order valence-corrected chi connectivity index (χ1v) is 5.16. The van der Waals surface area contributed by atoms with Crippen LogP contribution in [0, 0.1) is 17.0 Å². The summed E-state index contributed by atoms with van der Waals surface area (Å²) in [7, 11) is 0. The topological polar surface area (TPSA) is 56.0 Å². The van der Waals surface area contributed by atoms with Gasteiger partial charge in [-0.05, 0) is 12.5 Å². The molecule has 0 fully saturated rings. The maximum atomic E-state index is 10.8. The molecule has 0 spiro atoms. The minimum Gasteiger partial charge on any atom is -0.258 e. The quantitative estimate of drug-likeness (QED) is 0.444. The summed E-state index contributed by atoms with van der Waals surface area (Å²) in [6.07, 6.45) is 0. The van der Waals surface area contributed by atoms with Crippen LogP contribution in [0.15, 0.2) is 18.2 Å². The summed E-state index contributed by atoms with van der Waals surface area (Å²) in [5, 5.41) is 11.2. The number of hydrogen-bond donors (Lipinski definition) is 0. The predicted octanol–water partition coefficient (Wildman–Crippen LogP) is 3.76. The Morgan fingerprint density at radius 1 is 1.38 bits per heavy atom. The van der Waals surface area contributed by atoms with E-state index in [0.717, 1.165) is 5.56 Å². The predicted molar refractivity (Wildman–Crippen MR) is 63.2 cm³/mol. The zero-order valence-electron chi connectivity index (χ0n) is 8.20. The van der Waals surface area contributed by atoms with E-state index >= 15 is 0 Å². The SMILES string of the molecule is Cc1cccc2c(Cl)c([N+](=O)[O-])c(Cl)nc12. The summed E-state index contributed by atoms with van der Waals surface area (Å²) in [5.41, 5.74) is 1.11. The fourth-order valence-electron chi connectivity index (χ4n) is 1.51. The summed E-state index contributed by atoms with van der Waals surface area (Å²) in [6, 6.07) is 5.29. The number of aromatic nitrogens is 1. The Labute approximate surface area is 101 Å². The van der Waals surface area contributed by atoms with Crippen LogP contribution < -0.4 is 0 Å². The molecule has 2 aromatic rings. The molecule has 0 unspecified atom stereocenters. The highest BCUT2D eigenvalue weighted by Gasteiger charge is 2.22. The van der Waals surface area contributed by atoms with Crippen molar-refractivity contribution in [2.75, 3.05) is 0 Å². The number of halogens is 2. The van der Waals surface area contributed by atoms with Gasteiger partial charge in [0.05, 0.1) is 10.4 Å². The van der Waals surface area contributed by atoms with Crippen LogP contribution in [0.4, 0.5) is 5.69 Å². The van der Waals surface area contributed by atoms with Crippen LogP contribution in [-0.2, 0) is 0 Å². The maximum Gasteiger partial charge on any atom is 0.325 e. The van der Waals surface area contributed by atoms with Crippen LogP contribution in [0.5, 0.6) is 0 Å². The second-order valence-electron chi connectivity index (χ2n) is 3.29. The van der Waals surface area contributed by atoms with Crippen molar-refractivity contribution in [3.63, 3.8) is 0 Å². The Kier molecular flexibility index (Phi) is 2.69. The molecule has 1 aromatic carbocycles. The third kappa shape index (κ3) is 1.60. The van der Waals surface area contributed by atoms with Gasteiger partial charge in [-0.15, -0.1) is 0 Å². The van der Waals surface area contributed by atoms with Crippen molar-refractivity contribution in [1.82, 2.24) is 4.98 Å². The van der Waals surface area contributed by atoms with E-state index in [9.17, 15) is 10.1 Å². The van der Waals surface area contributed by atoms with Gasteiger partial charge in [-0.25, -0.2) is 4.98 Å². The van der Waals surface area contributed by atoms with E-state index in [4.69, 9.17) is 23.2 Å². The Morgan fingerprint density at radius 3 is 2.69 bits per heavy atom. The third-order valence-corrected chi connectivity index (χ3v) is 2.92. The van der Waals surface area contributed by atoms with Gasteiger partial charge in [0.25, 0.3) is 0 Å². The lowest BCUT2D eigenvalue weighted by atomic mass is 10.1. The van der Waals surface area contributed by atoms with Gasteiger partial charge in [0.1, 0.15) is 5.02 Å². The van der Waals surface area contributed by atoms with E-state index in [2.05, 4.69) is 4.98 Å². The highest BCUT2D eigenvalue weighted by molar-refractivity contribution is 6.41. The molecule has 0 bridgehead atoms. The average Bonchev–Trinajstić information content (AvgIpc) is 2.19. The van der Waals surface area contributed by atoms with Gasteiger partial charge in [-0.1, -0.05) is 41.4 Å². The number of aryl methyl sites for hydroxylation is 1. The summed E-state index contributed by atoms with van der Waals surface area (Å²) >= 11 is 11.7. The fourth-order valence-corrected chi connectivity index (χ4v) is 2.12. The summed E-state index contributed by atoms with van der Waals surface area (Å²) in [5.74, 6) is 0. The van der Waals surface area contributed by atoms with Crippen LogP contribution in [-0.4, -0.2) is 9.91 Å². The molecule has 0 aliphatic heterocycles. The maximum absolute atomic E-state index is 10.8. The minimum absolute atomic E-state index is 0.0312. The Morgan fingerprint density at radius 2 is 2.06 bits per heavy atom. The molecule has 16 heavy (non-hydrogen) atoms. The second-order valence-corrected chi connectivity index (χ2v) is 4.03. The smallest absolute Gasteiger partial charge is 0.258 e. The molecule has 6 heteroatoms.